The Morgan fingerprint density at radius 1 is 1.33 bits per heavy atom. The molecule has 0 radical (unpaired) electrons. The molecule has 0 aromatic heterocycles. The molecule has 0 spiro atoms. The van der Waals surface area contributed by atoms with Crippen LogP contribution in [0.4, 0.5) is 0 Å². The first kappa shape index (κ1) is 17.1. The summed E-state index contributed by atoms with van der Waals surface area (Å²) >= 11 is 1.44. The second kappa shape index (κ2) is 9.83. The van der Waals surface area contributed by atoms with E-state index in [1.807, 2.05) is 37.3 Å². The Bertz CT molecular complexity index is 509. The van der Waals surface area contributed by atoms with Gasteiger partial charge in [0.2, 0.25) is 0 Å². The van der Waals surface area contributed by atoms with Gasteiger partial charge in [-0.1, -0.05) is 29.8 Å². The van der Waals surface area contributed by atoms with E-state index in [1.54, 1.807) is 0 Å². The lowest BCUT2D eigenvalue weighted by atomic mass is 10.2. The lowest BCUT2D eigenvalue weighted by Crippen LogP contribution is -2.29. The summed E-state index contributed by atoms with van der Waals surface area (Å²) in [6.45, 7) is 2.00. The van der Waals surface area contributed by atoms with Crippen molar-refractivity contribution < 1.29 is 14.3 Å². The maximum absolute atomic E-state index is 11.4. The van der Waals surface area contributed by atoms with Crippen LogP contribution in [0.2, 0.25) is 0 Å². The molecule has 0 aliphatic rings. The van der Waals surface area contributed by atoms with E-state index in [1.165, 1.54) is 17.3 Å². The van der Waals surface area contributed by atoms with E-state index >= 15 is 0 Å². The predicted molar refractivity (Wildman–Crippen MR) is 81.5 cm³/mol. The summed E-state index contributed by atoms with van der Waals surface area (Å²) in [7, 11) is 0. The third-order valence-electron chi connectivity index (χ3n) is 2.53. The van der Waals surface area contributed by atoms with Crippen LogP contribution in [0.15, 0.2) is 24.3 Å². The molecule has 0 saturated heterocycles. The standard InChI is InChI=1S/C15H18N2O3S/c1-12-3-5-13(6-4-12)10-21-11-15(19)20-9-14(18)17-8-2-7-16/h3-6H,2,8-11H2,1H3,(H,17,18). The van der Waals surface area contributed by atoms with Gasteiger partial charge in [0.15, 0.2) is 6.61 Å². The zero-order chi connectivity index (χ0) is 15.5. The number of esters is 1. The van der Waals surface area contributed by atoms with Crippen molar-refractivity contribution in [2.45, 2.75) is 19.1 Å². The fourth-order valence-corrected chi connectivity index (χ4v) is 2.21. The van der Waals surface area contributed by atoms with Crippen molar-refractivity contribution in [3.8, 4) is 6.07 Å². The molecule has 0 atom stereocenters. The van der Waals surface area contributed by atoms with Crippen LogP contribution in [-0.4, -0.2) is 30.8 Å². The number of carbonyl (C=O) groups is 2. The number of carbonyl (C=O) groups excluding carboxylic acids is 2. The molecule has 0 unspecified atom stereocenters. The number of nitrogens with zero attached hydrogens (tertiary/aromatic N) is 1. The first-order valence-corrected chi connectivity index (χ1v) is 7.70. The number of aryl methyl sites for hydroxylation is 1. The molecular formula is C15H18N2O3S. The average Bonchev–Trinajstić information content (AvgIpc) is 2.47. The van der Waals surface area contributed by atoms with Crippen molar-refractivity contribution in [2.75, 3.05) is 18.9 Å². The molecule has 0 fully saturated rings. The minimum atomic E-state index is -0.414. The summed E-state index contributed by atoms with van der Waals surface area (Å²) in [5, 5.41) is 10.8. The molecule has 112 valence electrons. The van der Waals surface area contributed by atoms with Gasteiger partial charge in [0.05, 0.1) is 18.2 Å². The van der Waals surface area contributed by atoms with Crippen molar-refractivity contribution >= 4 is 23.6 Å². The second-order valence-electron chi connectivity index (χ2n) is 4.40. The van der Waals surface area contributed by atoms with Gasteiger partial charge in [-0.2, -0.15) is 5.26 Å². The number of hydrogen-bond acceptors (Lipinski definition) is 5. The van der Waals surface area contributed by atoms with E-state index in [-0.39, 0.29) is 31.2 Å². The third-order valence-corrected chi connectivity index (χ3v) is 3.51. The van der Waals surface area contributed by atoms with Crippen LogP contribution in [0, 0.1) is 18.3 Å². The van der Waals surface area contributed by atoms with E-state index in [4.69, 9.17) is 10.00 Å². The quantitative estimate of drug-likeness (QED) is 0.585. The van der Waals surface area contributed by atoms with Crippen LogP contribution in [-0.2, 0) is 20.1 Å². The molecule has 1 aromatic rings. The number of ether oxygens (including phenoxy) is 1. The number of nitrogens with one attached hydrogen (secondary N) is 1. The first-order chi connectivity index (χ1) is 10.1. The van der Waals surface area contributed by atoms with E-state index < -0.39 is 5.97 Å². The lowest BCUT2D eigenvalue weighted by molar-refractivity contribution is -0.145. The summed E-state index contributed by atoms with van der Waals surface area (Å²) in [4.78, 5) is 22.7. The largest absolute Gasteiger partial charge is 0.455 e. The normalized spacial score (nSPS) is 9.71. The van der Waals surface area contributed by atoms with Crippen LogP contribution in [0.25, 0.3) is 0 Å². The Morgan fingerprint density at radius 2 is 2.05 bits per heavy atom. The molecule has 0 saturated carbocycles. The second-order valence-corrected chi connectivity index (χ2v) is 5.38. The van der Waals surface area contributed by atoms with E-state index in [2.05, 4.69) is 5.32 Å². The topological polar surface area (TPSA) is 79.2 Å². The summed E-state index contributed by atoms with van der Waals surface area (Å²) in [6, 6.07) is 10.0. The fraction of sp³-hybridized carbons (Fsp3) is 0.400. The molecule has 6 heteroatoms. The highest BCUT2D eigenvalue weighted by Gasteiger charge is 2.07. The predicted octanol–water partition coefficient (Wildman–Crippen LogP) is 1.80. The van der Waals surface area contributed by atoms with Gasteiger partial charge in [-0.25, -0.2) is 0 Å². The maximum atomic E-state index is 11.4. The zero-order valence-electron chi connectivity index (χ0n) is 11.9. The molecule has 0 bridgehead atoms. The van der Waals surface area contributed by atoms with E-state index in [0.717, 1.165) is 11.3 Å². The van der Waals surface area contributed by atoms with Gasteiger partial charge in [-0.15, -0.1) is 11.8 Å². The van der Waals surface area contributed by atoms with Gasteiger partial charge in [0, 0.05) is 12.3 Å². The minimum absolute atomic E-state index is 0.208. The first-order valence-electron chi connectivity index (χ1n) is 6.54. The molecule has 5 nitrogen and oxygen atoms in total. The Morgan fingerprint density at radius 3 is 2.71 bits per heavy atom. The highest BCUT2D eigenvalue weighted by Crippen LogP contribution is 2.13. The summed E-state index contributed by atoms with van der Waals surface area (Å²) in [5.74, 6) is 0.132. The van der Waals surface area contributed by atoms with Crippen LogP contribution >= 0.6 is 11.8 Å². The number of amides is 1. The van der Waals surface area contributed by atoms with Gasteiger partial charge in [0.1, 0.15) is 0 Å². The van der Waals surface area contributed by atoms with Gasteiger partial charge in [-0.3, -0.25) is 9.59 Å². The van der Waals surface area contributed by atoms with Crippen LogP contribution in [0.3, 0.4) is 0 Å². The maximum Gasteiger partial charge on any atom is 0.316 e. The molecular weight excluding hydrogens is 288 g/mol. The van der Waals surface area contributed by atoms with Crippen molar-refractivity contribution in [1.82, 2.24) is 5.32 Å². The highest BCUT2D eigenvalue weighted by atomic mass is 32.2. The minimum Gasteiger partial charge on any atom is -0.455 e. The highest BCUT2D eigenvalue weighted by molar-refractivity contribution is 7.99. The van der Waals surface area contributed by atoms with Crippen LogP contribution < -0.4 is 5.32 Å². The number of benzene rings is 1. The van der Waals surface area contributed by atoms with Crippen molar-refractivity contribution in [1.29, 1.82) is 5.26 Å². The van der Waals surface area contributed by atoms with Crippen molar-refractivity contribution in [3.05, 3.63) is 35.4 Å². The Hall–Kier alpha value is -2.00. The van der Waals surface area contributed by atoms with Crippen LogP contribution in [0.5, 0.6) is 0 Å². The van der Waals surface area contributed by atoms with Gasteiger partial charge in [0.25, 0.3) is 5.91 Å². The number of thioether (sulfide) groups is 1. The summed E-state index contributed by atoms with van der Waals surface area (Å²) < 4.78 is 4.84. The third kappa shape index (κ3) is 8.00. The number of hydrogen-bond donors (Lipinski definition) is 1. The van der Waals surface area contributed by atoms with E-state index in [0.29, 0.717) is 0 Å². The molecule has 0 aliphatic heterocycles. The number of nitriles is 1. The average molecular weight is 306 g/mol. The van der Waals surface area contributed by atoms with Crippen LogP contribution in [0.1, 0.15) is 17.5 Å². The van der Waals surface area contributed by atoms with Gasteiger partial charge >= 0.3 is 5.97 Å². The number of rotatable bonds is 8. The molecule has 1 amide bonds. The molecule has 1 N–H and O–H groups in total. The van der Waals surface area contributed by atoms with E-state index in [9.17, 15) is 9.59 Å². The van der Waals surface area contributed by atoms with Crippen molar-refractivity contribution in [2.24, 2.45) is 0 Å². The van der Waals surface area contributed by atoms with Gasteiger partial charge < -0.3 is 10.1 Å². The zero-order valence-corrected chi connectivity index (χ0v) is 12.7. The summed E-state index contributed by atoms with van der Waals surface area (Å²) in [6.07, 6.45) is 0.242. The molecule has 1 aromatic carbocycles. The SMILES string of the molecule is Cc1ccc(CSCC(=O)OCC(=O)NCCC#N)cc1. The Kier molecular flexibility index (Phi) is 7.99. The lowest BCUT2D eigenvalue weighted by Gasteiger charge is -2.05. The van der Waals surface area contributed by atoms with Crippen molar-refractivity contribution in [3.63, 3.8) is 0 Å². The van der Waals surface area contributed by atoms with Gasteiger partial charge in [-0.05, 0) is 12.5 Å². The molecule has 21 heavy (non-hydrogen) atoms. The Labute approximate surface area is 128 Å². The molecule has 0 heterocycles. The summed E-state index contributed by atoms with van der Waals surface area (Å²) in [5.41, 5.74) is 2.35. The molecule has 1 rings (SSSR count). The smallest absolute Gasteiger partial charge is 0.316 e. The Balaban J connectivity index is 2.12. The fourth-order valence-electron chi connectivity index (χ4n) is 1.43. The monoisotopic (exact) mass is 306 g/mol. The molecule has 0 aliphatic carbocycles.